The molecule has 69 valence electrons. The Labute approximate surface area is 73.4 Å². The van der Waals surface area contributed by atoms with Crippen LogP contribution in [0.1, 0.15) is 26.2 Å². The molecule has 0 saturated carbocycles. The largest absolute Gasteiger partial charge is 0.284 e. The Morgan fingerprint density at radius 3 is 2.42 bits per heavy atom. The molecule has 0 saturated heterocycles. The summed E-state index contributed by atoms with van der Waals surface area (Å²) in [5.74, 6) is 0.00884. The van der Waals surface area contributed by atoms with Gasteiger partial charge in [0.2, 0.25) is 6.29 Å². The lowest BCUT2D eigenvalue weighted by Gasteiger charge is -1.99. The van der Waals surface area contributed by atoms with E-state index < -0.39 is 14.7 Å². The summed E-state index contributed by atoms with van der Waals surface area (Å²) in [5.41, 5.74) is 0. The predicted molar refractivity (Wildman–Crippen MR) is 48.1 cm³/mol. The molecular formula is C8H13O3S. The Morgan fingerprint density at radius 2 is 2.00 bits per heavy atom. The highest BCUT2D eigenvalue weighted by atomic mass is 32.2. The molecule has 0 bridgehead atoms. The zero-order valence-electron chi connectivity index (χ0n) is 7.17. The van der Waals surface area contributed by atoms with Gasteiger partial charge in [0.05, 0.1) is 5.75 Å². The molecule has 1 radical (unpaired) electrons. The highest BCUT2D eigenvalue weighted by Crippen LogP contribution is 2.06. The lowest BCUT2D eigenvalue weighted by molar-refractivity contribution is 0.561. The van der Waals surface area contributed by atoms with Crippen LogP contribution in [-0.4, -0.2) is 20.5 Å². The molecule has 0 amide bonds. The molecule has 4 heteroatoms. The Kier molecular flexibility index (Phi) is 4.81. The lowest BCUT2D eigenvalue weighted by atomic mass is 10.3. The average Bonchev–Trinajstić information content (AvgIpc) is 2.03. The van der Waals surface area contributed by atoms with Crippen molar-refractivity contribution in [3.63, 3.8) is 0 Å². The maximum atomic E-state index is 11.1. The van der Waals surface area contributed by atoms with Gasteiger partial charge in [-0.1, -0.05) is 26.3 Å². The molecule has 0 N–H and O–H groups in total. The molecule has 0 heterocycles. The van der Waals surface area contributed by atoms with Gasteiger partial charge in [-0.2, -0.15) is 0 Å². The minimum absolute atomic E-state index is 0.00884. The van der Waals surface area contributed by atoms with E-state index in [0.717, 1.165) is 12.8 Å². The second-order valence-electron chi connectivity index (χ2n) is 2.55. The number of sulfone groups is 1. The summed E-state index contributed by atoms with van der Waals surface area (Å²) in [4.78, 5) is 9.55. The monoisotopic (exact) mass is 189 g/mol. The van der Waals surface area contributed by atoms with Crippen molar-refractivity contribution in [3.05, 3.63) is 11.5 Å². The van der Waals surface area contributed by atoms with Crippen LogP contribution in [0.25, 0.3) is 0 Å². The van der Waals surface area contributed by atoms with Gasteiger partial charge in [-0.25, -0.2) is 8.42 Å². The number of unbranched alkanes of at least 4 members (excludes halogenated alkanes) is 2. The third-order valence-electron chi connectivity index (χ3n) is 1.51. The molecular weight excluding hydrogens is 176 g/mol. The van der Waals surface area contributed by atoms with Gasteiger partial charge in [-0.3, -0.25) is 4.79 Å². The van der Waals surface area contributed by atoms with Gasteiger partial charge in [0, 0.05) is 0 Å². The highest BCUT2D eigenvalue weighted by Gasteiger charge is 2.14. The van der Waals surface area contributed by atoms with Crippen LogP contribution in [0, 0.1) is 0 Å². The van der Waals surface area contributed by atoms with Crippen LogP contribution in [0.5, 0.6) is 0 Å². The van der Waals surface area contributed by atoms with Crippen molar-refractivity contribution in [2.45, 2.75) is 26.2 Å². The van der Waals surface area contributed by atoms with Gasteiger partial charge in [0.25, 0.3) is 0 Å². The van der Waals surface area contributed by atoms with E-state index in [-0.39, 0.29) is 5.75 Å². The van der Waals surface area contributed by atoms with Gasteiger partial charge in [0.15, 0.2) is 9.84 Å². The van der Waals surface area contributed by atoms with Crippen molar-refractivity contribution in [1.29, 1.82) is 0 Å². The van der Waals surface area contributed by atoms with Crippen LogP contribution < -0.4 is 0 Å². The third-order valence-corrected chi connectivity index (χ3v) is 3.17. The Hall–Kier alpha value is -0.640. The van der Waals surface area contributed by atoms with Crippen molar-refractivity contribution in [3.8, 4) is 0 Å². The molecule has 0 rings (SSSR count). The van der Waals surface area contributed by atoms with E-state index in [2.05, 4.69) is 6.58 Å². The maximum absolute atomic E-state index is 11.1. The first-order chi connectivity index (χ1) is 5.54. The predicted octanol–water partition coefficient (Wildman–Crippen LogP) is 1.21. The van der Waals surface area contributed by atoms with Gasteiger partial charge in [0.1, 0.15) is 4.91 Å². The van der Waals surface area contributed by atoms with Crippen LogP contribution in [0.2, 0.25) is 0 Å². The highest BCUT2D eigenvalue weighted by molar-refractivity contribution is 7.96. The van der Waals surface area contributed by atoms with E-state index in [1.807, 2.05) is 6.92 Å². The van der Waals surface area contributed by atoms with E-state index in [4.69, 9.17) is 0 Å². The summed E-state index contributed by atoms with van der Waals surface area (Å²) in [6.45, 7) is 5.09. The molecule has 0 atom stereocenters. The molecule has 0 aliphatic rings. The molecule has 0 aromatic carbocycles. The molecule has 3 nitrogen and oxygen atoms in total. The summed E-state index contributed by atoms with van der Waals surface area (Å²) in [6.07, 6.45) is 3.69. The first-order valence-corrected chi connectivity index (χ1v) is 5.49. The number of hydrogen-bond donors (Lipinski definition) is 0. The fourth-order valence-corrected chi connectivity index (χ4v) is 1.69. The van der Waals surface area contributed by atoms with Crippen LogP contribution in [-0.2, 0) is 14.6 Å². The Balaban J connectivity index is 4.06. The quantitative estimate of drug-likeness (QED) is 0.466. The number of carbonyl (C=O) groups excluding carboxylic acids is 1. The van der Waals surface area contributed by atoms with E-state index in [9.17, 15) is 13.2 Å². The fraction of sp³-hybridized carbons (Fsp3) is 0.625. The lowest BCUT2D eigenvalue weighted by Crippen LogP contribution is -2.09. The first kappa shape index (κ1) is 11.4. The molecule has 0 fully saturated rings. The molecule has 0 spiro atoms. The zero-order valence-corrected chi connectivity index (χ0v) is 7.99. The number of rotatable bonds is 6. The van der Waals surface area contributed by atoms with Gasteiger partial charge in [-0.05, 0) is 6.42 Å². The first-order valence-electron chi connectivity index (χ1n) is 3.84. The minimum Gasteiger partial charge on any atom is -0.284 e. The molecule has 12 heavy (non-hydrogen) atoms. The van der Waals surface area contributed by atoms with E-state index in [1.165, 1.54) is 6.29 Å². The topological polar surface area (TPSA) is 51.2 Å². The Bertz CT molecular complexity index is 251. The molecule has 0 aliphatic heterocycles. The summed E-state index contributed by atoms with van der Waals surface area (Å²) < 4.78 is 22.1. The zero-order chi connectivity index (χ0) is 9.61. The van der Waals surface area contributed by atoms with Crippen molar-refractivity contribution < 1.29 is 13.2 Å². The van der Waals surface area contributed by atoms with Crippen LogP contribution in [0.15, 0.2) is 11.5 Å². The van der Waals surface area contributed by atoms with Crippen molar-refractivity contribution >= 4 is 16.1 Å². The van der Waals surface area contributed by atoms with Crippen molar-refractivity contribution in [1.82, 2.24) is 0 Å². The van der Waals surface area contributed by atoms with E-state index >= 15 is 0 Å². The third kappa shape index (κ3) is 3.67. The maximum Gasteiger partial charge on any atom is 0.245 e. The second-order valence-corrected chi connectivity index (χ2v) is 4.68. The second kappa shape index (κ2) is 5.09. The van der Waals surface area contributed by atoms with E-state index in [0.29, 0.717) is 6.42 Å². The minimum atomic E-state index is -3.40. The van der Waals surface area contributed by atoms with Gasteiger partial charge in [-0.15, -0.1) is 0 Å². The molecule has 0 aromatic rings. The van der Waals surface area contributed by atoms with Gasteiger partial charge < -0.3 is 0 Å². The van der Waals surface area contributed by atoms with E-state index in [1.54, 1.807) is 0 Å². The SMILES string of the molecule is C=C([C]=O)S(=O)(=O)CCCCC. The van der Waals surface area contributed by atoms with Crippen molar-refractivity contribution in [2.75, 3.05) is 5.75 Å². The summed E-state index contributed by atoms with van der Waals surface area (Å²) in [6, 6.07) is 0. The van der Waals surface area contributed by atoms with Crippen molar-refractivity contribution in [2.24, 2.45) is 0 Å². The summed E-state index contributed by atoms with van der Waals surface area (Å²) in [5, 5.41) is 0. The summed E-state index contributed by atoms with van der Waals surface area (Å²) >= 11 is 0. The summed E-state index contributed by atoms with van der Waals surface area (Å²) in [7, 11) is -3.40. The Morgan fingerprint density at radius 1 is 1.42 bits per heavy atom. The standard InChI is InChI=1S/C8H13O3S/c1-3-4-5-6-12(10,11)8(2)7-9/h2-6H2,1H3. The fourth-order valence-electron chi connectivity index (χ4n) is 0.729. The molecule has 0 aromatic heterocycles. The average molecular weight is 189 g/mol. The van der Waals surface area contributed by atoms with Crippen LogP contribution >= 0.6 is 0 Å². The van der Waals surface area contributed by atoms with Crippen LogP contribution in [0.4, 0.5) is 0 Å². The normalized spacial score (nSPS) is 11.1. The number of hydrogen-bond acceptors (Lipinski definition) is 3. The molecule has 0 unspecified atom stereocenters. The number of allylic oxidation sites excluding steroid dienone is 1. The van der Waals surface area contributed by atoms with Crippen LogP contribution in [0.3, 0.4) is 0 Å². The van der Waals surface area contributed by atoms with Gasteiger partial charge >= 0.3 is 0 Å². The molecule has 0 aliphatic carbocycles. The smallest absolute Gasteiger partial charge is 0.245 e.